The van der Waals surface area contributed by atoms with Gasteiger partial charge in [0.15, 0.2) is 5.82 Å². The number of nitrogens with zero attached hydrogens (tertiary/aromatic N) is 2. The Hall–Kier alpha value is -8.11. The van der Waals surface area contributed by atoms with Gasteiger partial charge in [-0.25, -0.2) is 9.97 Å². The molecule has 0 fully saturated rings. The SMILES string of the molecule is C=C1/C=C\C=C/Sc2c1ccc1c2C2(c3ccccc3C3(c4ccccc4-c4ccccc43)c3ccccc32)c2c(-c3cc(-c4ccccc4)nc(-c4ccc5ccccc5c4)n3)cccc2-1. The maximum absolute atomic E-state index is 5.64. The molecule has 2 nitrogen and oxygen atoms in total. The molecule has 0 unspecified atom stereocenters. The molecule has 14 rings (SSSR count). The summed E-state index contributed by atoms with van der Waals surface area (Å²) in [5.41, 5.74) is 21.0. The minimum absolute atomic E-state index is 0.565. The molecule has 3 aliphatic carbocycles. The molecule has 1 aromatic heterocycles. The Morgan fingerprint density at radius 3 is 1.64 bits per heavy atom. The van der Waals surface area contributed by atoms with Gasteiger partial charge in [0.2, 0.25) is 0 Å². The molecule has 0 bridgehead atoms. The average molecular weight is 869 g/mol. The van der Waals surface area contributed by atoms with Gasteiger partial charge in [0.1, 0.15) is 0 Å². The third kappa shape index (κ3) is 5.18. The van der Waals surface area contributed by atoms with Gasteiger partial charge in [0.05, 0.1) is 22.2 Å². The number of rotatable bonds is 3. The van der Waals surface area contributed by atoms with Crippen molar-refractivity contribution < 1.29 is 0 Å². The molecule has 67 heavy (non-hydrogen) atoms. The van der Waals surface area contributed by atoms with Crippen molar-refractivity contribution >= 4 is 28.1 Å². The summed E-state index contributed by atoms with van der Waals surface area (Å²) >= 11 is 1.80. The van der Waals surface area contributed by atoms with Crippen LogP contribution in [0.3, 0.4) is 0 Å². The number of aromatic nitrogens is 2. The second-order valence-corrected chi connectivity index (χ2v) is 18.9. The third-order valence-corrected chi connectivity index (χ3v) is 15.7. The minimum Gasteiger partial charge on any atom is -0.228 e. The summed E-state index contributed by atoms with van der Waals surface area (Å²) in [6.45, 7) is 4.67. The Labute approximate surface area is 394 Å². The van der Waals surface area contributed by atoms with Crippen molar-refractivity contribution in [1.82, 2.24) is 9.97 Å². The molecule has 0 saturated heterocycles. The van der Waals surface area contributed by atoms with Crippen molar-refractivity contribution in [2.75, 3.05) is 0 Å². The molecule has 1 aliphatic heterocycles. The van der Waals surface area contributed by atoms with E-state index in [1.54, 1.807) is 11.8 Å². The van der Waals surface area contributed by atoms with Crippen LogP contribution in [-0.4, -0.2) is 9.97 Å². The lowest BCUT2D eigenvalue weighted by atomic mass is 9.52. The Morgan fingerprint density at radius 2 is 0.925 bits per heavy atom. The lowest BCUT2D eigenvalue weighted by molar-refractivity contribution is 0.627. The number of hydrogen-bond acceptors (Lipinski definition) is 3. The van der Waals surface area contributed by atoms with Crippen LogP contribution in [0.4, 0.5) is 0 Å². The van der Waals surface area contributed by atoms with Gasteiger partial charge in [0.25, 0.3) is 0 Å². The summed E-state index contributed by atoms with van der Waals surface area (Å²) in [7, 11) is 0. The van der Waals surface area contributed by atoms with Crippen molar-refractivity contribution in [3.05, 3.63) is 287 Å². The molecule has 3 heteroatoms. The molecule has 0 saturated carbocycles. The highest BCUT2D eigenvalue weighted by molar-refractivity contribution is 8.02. The quantitative estimate of drug-likeness (QED) is 0.177. The van der Waals surface area contributed by atoms with Crippen LogP contribution in [-0.2, 0) is 10.8 Å². The van der Waals surface area contributed by atoms with Crippen LogP contribution in [0.1, 0.15) is 50.1 Å². The van der Waals surface area contributed by atoms with E-state index in [-0.39, 0.29) is 0 Å². The summed E-state index contributed by atoms with van der Waals surface area (Å²) in [5.74, 6) is 0.695. The van der Waals surface area contributed by atoms with Crippen LogP contribution in [0.25, 0.3) is 72.5 Å². The second-order valence-electron chi connectivity index (χ2n) is 18.0. The van der Waals surface area contributed by atoms with Gasteiger partial charge >= 0.3 is 0 Å². The van der Waals surface area contributed by atoms with E-state index in [9.17, 15) is 0 Å². The Balaban J connectivity index is 1.14. The summed E-state index contributed by atoms with van der Waals surface area (Å²) < 4.78 is 0. The predicted molar refractivity (Wildman–Crippen MR) is 277 cm³/mol. The molecule has 0 N–H and O–H groups in total. The van der Waals surface area contributed by atoms with Crippen LogP contribution in [0.2, 0.25) is 0 Å². The van der Waals surface area contributed by atoms with E-state index in [1.807, 2.05) is 0 Å². The van der Waals surface area contributed by atoms with Crippen molar-refractivity contribution in [2.24, 2.45) is 0 Å². The van der Waals surface area contributed by atoms with Crippen molar-refractivity contribution in [3.63, 3.8) is 0 Å². The molecule has 0 amide bonds. The molecule has 0 atom stereocenters. The fourth-order valence-electron chi connectivity index (χ4n) is 12.2. The molecular weight excluding hydrogens is 829 g/mol. The zero-order chi connectivity index (χ0) is 44.3. The maximum atomic E-state index is 5.64. The molecule has 10 aromatic rings. The fourth-order valence-corrected chi connectivity index (χ4v) is 13.2. The zero-order valence-electron chi connectivity index (χ0n) is 36.4. The van der Waals surface area contributed by atoms with Gasteiger partial charge < -0.3 is 0 Å². The van der Waals surface area contributed by atoms with Crippen molar-refractivity contribution in [3.8, 4) is 56.2 Å². The number of hydrogen-bond donors (Lipinski definition) is 0. The smallest absolute Gasteiger partial charge is 0.160 e. The Bertz CT molecular complexity index is 3720. The number of allylic oxidation sites excluding steroid dienone is 4. The molecule has 0 radical (unpaired) electrons. The van der Waals surface area contributed by atoms with Crippen molar-refractivity contribution in [1.29, 1.82) is 0 Å². The van der Waals surface area contributed by atoms with Gasteiger partial charge in [-0.3, -0.25) is 0 Å². The van der Waals surface area contributed by atoms with Gasteiger partial charge in [-0.05, 0) is 106 Å². The Morgan fingerprint density at radius 1 is 0.373 bits per heavy atom. The summed E-state index contributed by atoms with van der Waals surface area (Å²) in [5, 5.41) is 4.58. The van der Waals surface area contributed by atoms with E-state index in [1.165, 1.54) is 77.0 Å². The number of fused-ring (bicyclic) bond motifs is 19. The van der Waals surface area contributed by atoms with Gasteiger partial charge in [0, 0.05) is 21.6 Å². The van der Waals surface area contributed by atoms with Crippen LogP contribution in [0.5, 0.6) is 0 Å². The predicted octanol–water partition coefficient (Wildman–Crippen LogP) is 15.9. The topological polar surface area (TPSA) is 25.8 Å². The van der Waals surface area contributed by atoms with E-state index in [2.05, 4.69) is 236 Å². The molecular formula is C64H40N2S. The first-order chi connectivity index (χ1) is 33.2. The minimum atomic E-state index is -0.775. The van der Waals surface area contributed by atoms with Crippen LogP contribution >= 0.6 is 11.8 Å². The molecule has 9 aromatic carbocycles. The monoisotopic (exact) mass is 868 g/mol. The summed E-state index contributed by atoms with van der Waals surface area (Å²) in [6, 6.07) is 76.3. The first-order valence-corrected chi connectivity index (χ1v) is 23.9. The average Bonchev–Trinajstić information content (AvgIpc) is 3.86. The first-order valence-electron chi connectivity index (χ1n) is 23.0. The standard InChI is InChI=1S/C64H40N2S/c1-40-18-15-16-37-67-61-45(40)35-36-49-48-25-17-26-50(58-39-57(42-20-3-2-4-21-42)65-62(66-58)44-34-33-41-19-5-6-22-43(41)38-44)59(48)64(60(49)61)55-31-13-11-29-53(55)63(54-30-12-14-32-56(54)64)51-27-9-7-23-46(51)47-24-8-10-28-52(47)63/h2-39H,1H2/b18-15-,37-16-. The Kier molecular flexibility index (Phi) is 8.23. The van der Waals surface area contributed by atoms with Gasteiger partial charge in [-0.15, -0.1) is 0 Å². The highest BCUT2D eigenvalue weighted by Crippen LogP contribution is 2.69. The van der Waals surface area contributed by atoms with Gasteiger partial charge in [-0.1, -0.05) is 231 Å². The number of benzene rings is 9. The van der Waals surface area contributed by atoms with Crippen LogP contribution < -0.4 is 0 Å². The molecule has 2 spiro atoms. The van der Waals surface area contributed by atoms with Gasteiger partial charge in [-0.2, -0.15) is 0 Å². The van der Waals surface area contributed by atoms with E-state index in [4.69, 9.17) is 9.97 Å². The van der Waals surface area contributed by atoms with Crippen molar-refractivity contribution in [2.45, 2.75) is 15.7 Å². The van der Waals surface area contributed by atoms with E-state index in [0.29, 0.717) is 5.82 Å². The summed E-state index contributed by atoms with van der Waals surface area (Å²) in [4.78, 5) is 12.2. The third-order valence-electron chi connectivity index (χ3n) is 14.8. The lowest BCUT2D eigenvalue weighted by Crippen LogP contribution is -2.44. The normalized spacial score (nSPS) is 15.9. The molecule has 4 aliphatic rings. The first kappa shape index (κ1) is 38.2. The summed E-state index contributed by atoms with van der Waals surface area (Å²) in [6.07, 6.45) is 6.39. The molecule has 312 valence electrons. The largest absolute Gasteiger partial charge is 0.228 e. The molecule has 2 heterocycles. The zero-order valence-corrected chi connectivity index (χ0v) is 37.3. The number of thioether (sulfide) groups is 1. The van der Waals surface area contributed by atoms with E-state index in [0.717, 1.165) is 44.6 Å². The highest BCUT2D eigenvalue weighted by atomic mass is 32.2. The van der Waals surface area contributed by atoms with E-state index >= 15 is 0 Å². The van der Waals surface area contributed by atoms with E-state index < -0.39 is 10.8 Å². The lowest BCUT2D eigenvalue weighted by Gasteiger charge is -2.49. The fraction of sp³-hybridized carbons (Fsp3) is 0.0312. The van der Waals surface area contributed by atoms with Crippen LogP contribution in [0.15, 0.2) is 241 Å². The maximum Gasteiger partial charge on any atom is 0.160 e. The second kappa shape index (κ2) is 14.4. The highest BCUT2D eigenvalue weighted by Gasteiger charge is 2.60. The van der Waals surface area contributed by atoms with Crippen LogP contribution in [0, 0.1) is 0 Å².